The van der Waals surface area contributed by atoms with Gasteiger partial charge >= 0.3 is 18.1 Å². The van der Waals surface area contributed by atoms with Crippen LogP contribution in [0.25, 0.3) is 0 Å². The van der Waals surface area contributed by atoms with E-state index < -0.39 is 0 Å². The fourth-order valence-corrected chi connectivity index (χ4v) is 0.223. The molecule has 0 saturated carbocycles. The zero-order chi connectivity index (χ0) is 7.11. The summed E-state index contributed by atoms with van der Waals surface area (Å²) in [4.78, 5) is 8.55. The Balaban J connectivity index is 4.57. The van der Waals surface area contributed by atoms with Gasteiger partial charge in [-0.1, -0.05) is 0 Å². The number of nitrogens with one attached hydrogen (secondary N) is 3. The molecule has 0 atom stereocenters. The summed E-state index contributed by atoms with van der Waals surface area (Å²) < 4.78 is 0. The maximum atomic E-state index is 6.41. The highest BCUT2D eigenvalue weighted by Gasteiger charge is 2.17. The number of rotatable bonds is 2. The van der Waals surface area contributed by atoms with Crippen LogP contribution in [0, 0.1) is 16.6 Å². The zero-order valence-electron chi connectivity index (χ0n) is 4.50. The Kier molecular flexibility index (Phi) is 3.41. The van der Waals surface area contributed by atoms with Gasteiger partial charge in [-0.2, -0.15) is 0 Å². The first-order valence-corrected chi connectivity index (χ1v) is 1.99. The zero-order valence-corrected chi connectivity index (χ0v) is 4.50. The SMILES string of the molecule is N=[N+]=CC(C=[N+]=N)=[N+]=N. The molecule has 0 saturated heterocycles. The van der Waals surface area contributed by atoms with Crippen molar-refractivity contribution in [2.24, 2.45) is 0 Å². The van der Waals surface area contributed by atoms with E-state index >= 15 is 0 Å². The van der Waals surface area contributed by atoms with Gasteiger partial charge in [-0.15, -0.1) is 0 Å². The summed E-state index contributed by atoms with van der Waals surface area (Å²) in [6.45, 7) is 0. The molecular formula is C3H5N6+3. The van der Waals surface area contributed by atoms with Gasteiger partial charge < -0.3 is 0 Å². The molecule has 44 valence electrons. The van der Waals surface area contributed by atoms with Gasteiger partial charge in [-0.25, -0.2) is 0 Å². The molecule has 0 radical (unpaired) electrons. The van der Waals surface area contributed by atoms with Crippen LogP contribution in [0.5, 0.6) is 0 Å². The van der Waals surface area contributed by atoms with E-state index in [-0.39, 0.29) is 5.71 Å². The number of hydrogen-bond donors (Lipinski definition) is 3. The van der Waals surface area contributed by atoms with Crippen molar-refractivity contribution in [1.82, 2.24) is 0 Å². The molecule has 0 unspecified atom stereocenters. The van der Waals surface area contributed by atoms with Gasteiger partial charge in [-0.3, -0.25) is 0 Å². The lowest BCUT2D eigenvalue weighted by atomic mass is 10.5. The van der Waals surface area contributed by atoms with Crippen LogP contribution in [-0.4, -0.2) is 32.5 Å². The summed E-state index contributed by atoms with van der Waals surface area (Å²) in [5, 5.41) is 0. The molecule has 0 bridgehead atoms. The molecule has 3 N–H and O–H groups in total. The van der Waals surface area contributed by atoms with Crippen molar-refractivity contribution in [2.45, 2.75) is 0 Å². The van der Waals surface area contributed by atoms with E-state index in [0.717, 1.165) is 12.4 Å². The second-order valence-corrected chi connectivity index (χ2v) is 1.05. The summed E-state index contributed by atoms with van der Waals surface area (Å²) >= 11 is 0. The Morgan fingerprint density at radius 1 is 1.00 bits per heavy atom. The fraction of sp³-hybridized carbons (Fsp3) is 0. The third-order valence-corrected chi connectivity index (χ3v) is 0.523. The van der Waals surface area contributed by atoms with Crippen LogP contribution in [0.4, 0.5) is 0 Å². The third kappa shape index (κ3) is 2.79. The second kappa shape index (κ2) is 4.30. The van der Waals surface area contributed by atoms with Crippen LogP contribution in [-0.2, 0) is 0 Å². The molecule has 6 heteroatoms. The van der Waals surface area contributed by atoms with E-state index in [1.165, 1.54) is 0 Å². The number of nitrogens with zero attached hydrogens (tertiary/aromatic N) is 3. The Morgan fingerprint density at radius 3 is 1.67 bits per heavy atom. The first kappa shape index (κ1) is 7.14. The lowest BCUT2D eigenvalue weighted by Crippen LogP contribution is -2.03. The van der Waals surface area contributed by atoms with Gasteiger partial charge in [0.05, 0.1) is 31.0 Å². The Labute approximate surface area is 50.2 Å². The van der Waals surface area contributed by atoms with E-state index in [9.17, 15) is 0 Å². The molecule has 0 amide bonds. The quantitative estimate of drug-likeness (QED) is 0.246. The van der Waals surface area contributed by atoms with E-state index in [1.54, 1.807) is 0 Å². The molecule has 0 aromatic heterocycles. The molecule has 0 rings (SSSR count). The molecule has 0 spiro atoms. The molecule has 0 aromatic rings. The van der Waals surface area contributed by atoms with Crippen molar-refractivity contribution in [3.05, 3.63) is 0 Å². The Morgan fingerprint density at radius 2 is 1.44 bits per heavy atom. The van der Waals surface area contributed by atoms with E-state index in [4.69, 9.17) is 16.6 Å². The topological polar surface area (TPSA) is 114 Å². The molecule has 0 aliphatic heterocycles. The fourth-order valence-electron chi connectivity index (χ4n) is 0.223. The lowest BCUT2D eigenvalue weighted by molar-refractivity contribution is -0.138. The highest BCUT2D eigenvalue weighted by molar-refractivity contribution is 6.50. The van der Waals surface area contributed by atoms with E-state index in [1.807, 2.05) is 0 Å². The standard InChI is InChI=1S/C3H5N6/c4-7-1-3(9-6)2-8-5/h1-2,4-6H/q+3. The summed E-state index contributed by atoms with van der Waals surface area (Å²) in [5.41, 5.74) is 19.1. The van der Waals surface area contributed by atoms with Crippen LogP contribution in [0.1, 0.15) is 0 Å². The van der Waals surface area contributed by atoms with Gasteiger partial charge in [0.1, 0.15) is 0 Å². The predicted octanol–water partition coefficient (Wildman–Crippen LogP) is -0.713. The maximum Gasteiger partial charge on any atom is 0.532 e. The van der Waals surface area contributed by atoms with E-state index in [0.29, 0.717) is 0 Å². The number of hydrogen-bond acceptors (Lipinski definition) is 3. The van der Waals surface area contributed by atoms with Gasteiger partial charge in [0.25, 0.3) is 0 Å². The van der Waals surface area contributed by atoms with Gasteiger partial charge in [-0.05, 0) is 0 Å². The molecule has 0 fully saturated rings. The van der Waals surface area contributed by atoms with Gasteiger partial charge in [0.15, 0.2) is 0 Å². The molecule has 9 heavy (non-hydrogen) atoms. The molecule has 0 aliphatic carbocycles. The van der Waals surface area contributed by atoms with Gasteiger partial charge in [0.2, 0.25) is 0 Å². The molecule has 6 nitrogen and oxygen atoms in total. The van der Waals surface area contributed by atoms with Crippen molar-refractivity contribution in [3.63, 3.8) is 0 Å². The van der Waals surface area contributed by atoms with Crippen molar-refractivity contribution < 1.29 is 14.4 Å². The van der Waals surface area contributed by atoms with Crippen LogP contribution >= 0.6 is 0 Å². The average molecular weight is 125 g/mol. The monoisotopic (exact) mass is 125 g/mol. The molecule has 0 heterocycles. The lowest BCUT2D eigenvalue weighted by Gasteiger charge is -1.38. The largest absolute Gasteiger partial charge is 0.532 e. The van der Waals surface area contributed by atoms with Crippen molar-refractivity contribution >= 4 is 18.1 Å². The highest BCUT2D eigenvalue weighted by atomic mass is 14.9. The third-order valence-electron chi connectivity index (χ3n) is 0.523. The molecule has 0 aromatic carbocycles. The molecule has 0 aliphatic rings. The van der Waals surface area contributed by atoms with Crippen LogP contribution in [0.2, 0.25) is 0 Å². The first-order chi connectivity index (χ1) is 4.35. The maximum absolute atomic E-state index is 6.41. The van der Waals surface area contributed by atoms with Gasteiger partial charge in [0, 0.05) is 0 Å². The summed E-state index contributed by atoms with van der Waals surface area (Å²) in [6.07, 6.45) is 2.04. The summed E-state index contributed by atoms with van der Waals surface area (Å²) in [6, 6.07) is 0. The average Bonchev–Trinajstić information content (AvgIpc) is 1.88. The Bertz CT molecular complexity index is 213. The molecular weight excluding hydrogens is 120 g/mol. The highest BCUT2D eigenvalue weighted by Crippen LogP contribution is 1.48. The van der Waals surface area contributed by atoms with E-state index in [2.05, 4.69) is 14.4 Å². The predicted molar refractivity (Wildman–Crippen MR) is 26.1 cm³/mol. The minimum Gasteiger partial charge on any atom is 0.0563 e. The van der Waals surface area contributed by atoms with Crippen molar-refractivity contribution in [1.29, 1.82) is 16.6 Å². The van der Waals surface area contributed by atoms with Crippen molar-refractivity contribution in [3.8, 4) is 0 Å². The van der Waals surface area contributed by atoms with Crippen LogP contribution < -0.4 is 0 Å². The second-order valence-electron chi connectivity index (χ2n) is 1.05. The minimum absolute atomic E-state index is 0.0833. The minimum atomic E-state index is 0.0833. The summed E-state index contributed by atoms with van der Waals surface area (Å²) in [5.74, 6) is 0. The smallest absolute Gasteiger partial charge is 0.0563 e. The summed E-state index contributed by atoms with van der Waals surface area (Å²) in [7, 11) is 0. The first-order valence-electron chi connectivity index (χ1n) is 1.99. The van der Waals surface area contributed by atoms with Crippen LogP contribution in [0.15, 0.2) is 0 Å². The van der Waals surface area contributed by atoms with Crippen molar-refractivity contribution in [2.75, 3.05) is 0 Å². The normalized spacial score (nSPS) is 5.78. The van der Waals surface area contributed by atoms with Crippen LogP contribution in [0.3, 0.4) is 0 Å². The Hall–Kier alpha value is -1.86.